The molecule has 4 nitrogen and oxygen atoms in total. The van der Waals surface area contributed by atoms with Crippen LogP contribution in [0.15, 0.2) is 72.8 Å². The van der Waals surface area contributed by atoms with E-state index in [1.165, 1.54) is 0 Å². The molecule has 0 saturated heterocycles. The van der Waals surface area contributed by atoms with E-state index in [0.717, 1.165) is 28.0 Å². The molecule has 166 valence electrons. The van der Waals surface area contributed by atoms with E-state index >= 15 is 0 Å². The molecule has 3 aromatic rings. The average molecular weight is 471 g/mol. The van der Waals surface area contributed by atoms with Crippen molar-refractivity contribution in [1.29, 1.82) is 0 Å². The summed E-state index contributed by atoms with van der Waals surface area (Å²) in [7, 11) is 0. The van der Waals surface area contributed by atoms with E-state index in [0.29, 0.717) is 29.7 Å². The molecular weight excluding hydrogens is 447 g/mol. The lowest BCUT2D eigenvalue weighted by atomic mass is 10.0. The lowest BCUT2D eigenvalue weighted by Gasteiger charge is -2.12. The lowest BCUT2D eigenvalue weighted by Crippen LogP contribution is -2.26. The van der Waals surface area contributed by atoms with E-state index in [1.807, 2.05) is 72.8 Å². The van der Waals surface area contributed by atoms with Gasteiger partial charge in [-0.3, -0.25) is 0 Å². The Morgan fingerprint density at radius 2 is 1.62 bits per heavy atom. The van der Waals surface area contributed by atoms with Gasteiger partial charge in [0.05, 0.1) is 0 Å². The molecule has 6 heteroatoms. The van der Waals surface area contributed by atoms with Gasteiger partial charge in [-0.05, 0) is 65.6 Å². The first kappa shape index (κ1) is 23.9. The average Bonchev–Trinajstić information content (AvgIpc) is 2.77. The molecule has 3 aromatic carbocycles. The highest BCUT2D eigenvalue weighted by Gasteiger charge is 2.17. The van der Waals surface area contributed by atoms with Crippen LogP contribution in [0.3, 0.4) is 0 Å². The molecule has 0 fully saturated rings. The van der Waals surface area contributed by atoms with Gasteiger partial charge in [0.1, 0.15) is 12.4 Å². The number of halogens is 2. The first-order valence-corrected chi connectivity index (χ1v) is 11.0. The predicted octanol–water partition coefficient (Wildman–Crippen LogP) is 6.78. The van der Waals surface area contributed by atoms with E-state index in [4.69, 9.17) is 32.7 Å². The number of hydrogen-bond donors (Lipinski definition) is 1. The fraction of sp³-hybridized carbons (Fsp3) is 0.192. The van der Waals surface area contributed by atoms with Crippen LogP contribution in [-0.4, -0.2) is 30.4 Å². The number of carboxylic acid groups (broad SMARTS) is 1. The van der Waals surface area contributed by atoms with E-state index in [9.17, 15) is 9.90 Å². The van der Waals surface area contributed by atoms with Crippen LogP contribution in [0.1, 0.15) is 18.1 Å². The molecule has 0 aromatic heterocycles. The van der Waals surface area contributed by atoms with Crippen molar-refractivity contribution < 1.29 is 19.4 Å². The quantitative estimate of drug-likeness (QED) is 0.354. The van der Waals surface area contributed by atoms with E-state index in [1.54, 1.807) is 13.0 Å². The number of carboxylic acids is 1. The van der Waals surface area contributed by atoms with Gasteiger partial charge in [0.15, 0.2) is 6.10 Å². The van der Waals surface area contributed by atoms with Crippen LogP contribution in [0.5, 0.6) is 5.75 Å². The van der Waals surface area contributed by atoms with Crippen LogP contribution in [0.25, 0.3) is 17.2 Å². The molecule has 1 N–H and O–H groups in total. The molecule has 0 bridgehead atoms. The van der Waals surface area contributed by atoms with E-state index < -0.39 is 12.1 Å². The van der Waals surface area contributed by atoms with Gasteiger partial charge in [0.25, 0.3) is 0 Å². The first-order valence-electron chi connectivity index (χ1n) is 10.2. The van der Waals surface area contributed by atoms with E-state index in [2.05, 4.69) is 0 Å². The van der Waals surface area contributed by atoms with Crippen molar-refractivity contribution in [3.05, 3.63) is 94.0 Å². The molecular formula is C26H24Cl2O4. The van der Waals surface area contributed by atoms with Crippen LogP contribution in [0, 0.1) is 0 Å². The van der Waals surface area contributed by atoms with Crippen LogP contribution in [-0.2, 0) is 16.0 Å². The number of ether oxygens (including phenoxy) is 2. The maximum absolute atomic E-state index is 11.2. The second-order valence-corrected chi connectivity index (χ2v) is 8.00. The van der Waals surface area contributed by atoms with Crippen molar-refractivity contribution in [2.75, 3.05) is 13.2 Å². The Balaban J connectivity index is 1.51. The molecule has 0 spiro atoms. The van der Waals surface area contributed by atoms with Crippen molar-refractivity contribution in [3.63, 3.8) is 0 Å². The van der Waals surface area contributed by atoms with Gasteiger partial charge >= 0.3 is 5.97 Å². The van der Waals surface area contributed by atoms with Crippen molar-refractivity contribution >= 4 is 35.2 Å². The summed E-state index contributed by atoms with van der Waals surface area (Å²) in [5.41, 5.74) is 3.95. The van der Waals surface area contributed by atoms with Crippen LogP contribution in [0.4, 0.5) is 0 Å². The van der Waals surface area contributed by atoms with Gasteiger partial charge in [-0.15, -0.1) is 0 Å². The second-order valence-electron chi connectivity index (χ2n) is 7.12. The summed E-state index contributed by atoms with van der Waals surface area (Å²) in [5.74, 6) is -0.239. The predicted molar refractivity (Wildman–Crippen MR) is 130 cm³/mol. The largest absolute Gasteiger partial charge is 0.490 e. The standard InChI is InChI=1S/C26H24Cl2O4/c1-2-31-25(26(29)30)14-19-7-11-24(12-8-19)32-13-3-4-18-5-9-20(10-6-18)21-15-22(27)17-23(28)16-21/h3-12,15-17,25H,2,13-14H2,1H3,(H,29,30)/t25-/m0/s1. The Morgan fingerprint density at radius 1 is 0.969 bits per heavy atom. The smallest absolute Gasteiger partial charge is 0.333 e. The summed E-state index contributed by atoms with van der Waals surface area (Å²) in [6, 6.07) is 20.9. The van der Waals surface area contributed by atoms with Crippen molar-refractivity contribution in [3.8, 4) is 16.9 Å². The molecule has 0 aliphatic rings. The Bertz CT molecular complexity index is 1040. The van der Waals surface area contributed by atoms with Gasteiger partial charge in [-0.2, -0.15) is 0 Å². The number of carbonyl (C=O) groups is 1. The molecule has 0 unspecified atom stereocenters. The molecule has 0 amide bonds. The zero-order valence-corrected chi connectivity index (χ0v) is 19.1. The number of benzene rings is 3. The van der Waals surface area contributed by atoms with Gasteiger partial charge in [-0.1, -0.05) is 65.7 Å². The first-order chi connectivity index (χ1) is 15.4. The van der Waals surface area contributed by atoms with Gasteiger partial charge in [0.2, 0.25) is 0 Å². The Hall–Kier alpha value is -2.79. The molecule has 0 saturated carbocycles. The number of hydrogen-bond acceptors (Lipinski definition) is 3. The molecule has 3 rings (SSSR count). The van der Waals surface area contributed by atoms with Crippen LogP contribution >= 0.6 is 23.2 Å². The Morgan fingerprint density at radius 3 is 2.22 bits per heavy atom. The normalized spacial score (nSPS) is 12.1. The summed E-state index contributed by atoms with van der Waals surface area (Å²) in [4.78, 5) is 11.2. The Kier molecular flexibility index (Phi) is 8.74. The maximum Gasteiger partial charge on any atom is 0.333 e. The zero-order valence-electron chi connectivity index (χ0n) is 17.6. The minimum atomic E-state index is -0.957. The van der Waals surface area contributed by atoms with E-state index in [-0.39, 0.29) is 0 Å². The molecule has 0 aliphatic carbocycles. The van der Waals surface area contributed by atoms with Gasteiger partial charge in [0, 0.05) is 23.1 Å². The highest BCUT2D eigenvalue weighted by Crippen LogP contribution is 2.27. The monoisotopic (exact) mass is 470 g/mol. The summed E-state index contributed by atoms with van der Waals surface area (Å²) in [6.45, 7) is 2.56. The second kappa shape index (κ2) is 11.7. The summed E-state index contributed by atoms with van der Waals surface area (Å²) >= 11 is 12.2. The molecule has 1 atom stereocenters. The summed E-state index contributed by atoms with van der Waals surface area (Å²) in [5, 5.41) is 10.4. The van der Waals surface area contributed by atoms with Crippen LogP contribution < -0.4 is 4.74 Å². The van der Waals surface area contributed by atoms with Crippen LogP contribution in [0.2, 0.25) is 10.0 Å². The minimum Gasteiger partial charge on any atom is -0.490 e. The number of aliphatic carboxylic acids is 1. The molecule has 32 heavy (non-hydrogen) atoms. The molecule has 0 aliphatic heterocycles. The van der Waals surface area contributed by atoms with Gasteiger partial charge < -0.3 is 14.6 Å². The van der Waals surface area contributed by atoms with Crippen molar-refractivity contribution in [1.82, 2.24) is 0 Å². The third-order valence-electron chi connectivity index (χ3n) is 4.75. The molecule has 0 heterocycles. The fourth-order valence-electron chi connectivity index (χ4n) is 3.19. The minimum absolute atomic E-state index is 0.320. The van der Waals surface area contributed by atoms with Crippen molar-refractivity contribution in [2.45, 2.75) is 19.4 Å². The maximum atomic E-state index is 11.2. The van der Waals surface area contributed by atoms with Crippen molar-refractivity contribution in [2.24, 2.45) is 0 Å². The third kappa shape index (κ3) is 7.13. The highest BCUT2D eigenvalue weighted by atomic mass is 35.5. The highest BCUT2D eigenvalue weighted by molar-refractivity contribution is 6.35. The Labute approximate surface area is 198 Å². The topological polar surface area (TPSA) is 55.8 Å². The summed E-state index contributed by atoms with van der Waals surface area (Å²) in [6.07, 6.45) is 3.41. The third-order valence-corrected chi connectivity index (χ3v) is 5.19. The fourth-order valence-corrected chi connectivity index (χ4v) is 3.72. The SMILES string of the molecule is CCO[C@@H](Cc1ccc(OCC=Cc2ccc(-c3cc(Cl)cc(Cl)c3)cc2)cc1)C(=O)O. The summed E-state index contributed by atoms with van der Waals surface area (Å²) < 4.78 is 11.0. The van der Waals surface area contributed by atoms with Gasteiger partial charge in [-0.25, -0.2) is 4.79 Å². The molecule has 0 radical (unpaired) electrons. The zero-order chi connectivity index (χ0) is 22.9. The number of rotatable bonds is 10. The lowest BCUT2D eigenvalue weighted by molar-refractivity contribution is -0.149.